The van der Waals surface area contributed by atoms with Crippen molar-refractivity contribution in [1.29, 1.82) is 0 Å². The van der Waals surface area contributed by atoms with Gasteiger partial charge in [-0.3, -0.25) is 14.0 Å². The summed E-state index contributed by atoms with van der Waals surface area (Å²) in [4.78, 5) is 34.0. The highest BCUT2D eigenvalue weighted by Crippen LogP contribution is 2.29. The van der Waals surface area contributed by atoms with Crippen molar-refractivity contribution in [2.24, 2.45) is 0 Å². The van der Waals surface area contributed by atoms with Gasteiger partial charge in [-0.1, -0.05) is 58.9 Å². The molecular formula is C23H33ClN4O2S. The van der Waals surface area contributed by atoms with Crippen LogP contribution in [0, 0.1) is 0 Å². The summed E-state index contributed by atoms with van der Waals surface area (Å²) in [6, 6.07) is 4.12. The number of aromatic nitrogens is 2. The Bertz CT molecular complexity index is 1120. The Morgan fingerprint density at radius 2 is 1.84 bits per heavy atom. The number of amides is 1. The number of hydrogen-bond acceptors (Lipinski definition) is 5. The molecule has 0 aliphatic heterocycles. The first-order chi connectivity index (χ1) is 14.3. The second-order valence-electron chi connectivity index (χ2n) is 8.26. The Balaban J connectivity index is 0.00000341. The molecule has 0 aliphatic rings. The normalized spacial score (nSPS) is 11.6. The topological polar surface area (TPSA) is 66.7 Å². The molecule has 0 saturated heterocycles. The van der Waals surface area contributed by atoms with E-state index in [0.717, 1.165) is 36.3 Å². The van der Waals surface area contributed by atoms with E-state index in [4.69, 9.17) is 4.98 Å². The van der Waals surface area contributed by atoms with Gasteiger partial charge < -0.3 is 10.2 Å². The molecule has 0 saturated carbocycles. The van der Waals surface area contributed by atoms with Crippen molar-refractivity contribution in [2.45, 2.75) is 53.4 Å². The average Bonchev–Trinajstić information content (AvgIpc) is 3.15. The Morgan fingerprint density at radius 3 is 2.42 bits per heavy atom. The highest BCUT2D eigenvalue weighted by molar-refractivity contribution is 7.18. The molecule has 1 N–H and O–H groups in total. The summed E-state index contributed by atoms with van der Waals surface area (Å²) in [6.07, 6.45) is 1.62. The molecule has 6 nitrogen and oxygen atoms in total. The van der Waals surface area contributed by atoms with Crippen LogP contribution in [0.25, 0.3) is 15.9 Å². The van der Waals surface area contributed by atoms with Crippen LogP contribution in [0.1, 0.15) is 74.2 Å². The monoisotopic (exact) mass is 464 g/mol. The Morgan fingerprint density at radius 1 is 1.16 bits per heavy atom. The number of hydrogen-bond donors (Lipinski definition) is 1. The van der Waals surface area contributed by atoms with Crippen molar-refractivity contribution >= 4 is 45.5 Å². The van der Waals surface area contributed by atoms with Crippen LogP contribution in [0.4, 0.5) is 0 Å². The molecule has 0 radical (unpaired) electrons. The minimum absolute atomic E-state index is 0. The van der Waals surface area contributed by atoms with E-state index < -0.39 is 0 Å². The predicted octanol–water partition coefficient (Wildman–Crippen LogP) is 4.65. The molecular weight excluding hydrogens is 432 g/mol. The summed E-state index contributed by atoms with van der Waals surface area (Å²) in [7, 11) is 0. The van der Waals surface area contributed by atoms with Crippen molar-refractivity contribution in [3.8, 4) is 0 Å². The van der Waals surface area contributed by atoms with Gasteiger partial charge in [-0.05, 0) is 42.1 Å². The van der Waals surface area contributed by atoms with Gasteiger partial charge in [0.15, 0.2) is 4.96 Å². The van der Waals surface area contributed by atoms with Gasteiger partial charge in [0, 0.05) is 19.3 Å². The van der Waals surface area contributed by atoms with Crippen LogP contribution in [-0.2, 0) is 0 Å². The lowest BCUT2D eigenvalue weighted by Crippen LogP contribution is -2.34. The zero-order valence-electron chi connectivity index (χ0n) is 19.2. The van der Waals surface area contributed by atoms with Crippen LogP contribution in [0.5, 0.6) is 0 Å². The van der Waals surface area contributed by atoms with E-state index in [9.17, 15) is 9.59 Å². The van der Waals surface area contributed by atoms with Crippen LogP contribution in [-0.4, -0.2) is 46.4 Å². The van der Waals surface area contributed by atoms with Crippen LogP contribution >= 0.6 is 23.7 Å². The lowest BCUT2D eigenvalue weighted by Gasteiger charge is -2.17. The minimum Gasteiger partial charge on any atom is -0.350 e. The fourth-order valence-corrected chi connectivity index (χ4v) is 4.49. The molecule has 0 bridgehead atoms. The second kappa shape index (κ2) is 10.6. The van der Waals surface area contributed by atoms with Gasteiger partial charge >= 0.3 is 0 Å². The van der Waals surface area contributed by atoms with Gasteiger partial charge in [0.05, 0.1) is 10.9 Å². The summed E-state index contributed by atoms with van der Waals surface area (Å²) in [5, 5.41) is 3.58. The number of benzene rings is 1. The van der Waals surface area contributed by atoms with E-state index >= 15 is 0 Å². The number of carbonyl (C=O) groups excluding carboxylic acids is 1. The zero-order valence-corrected chi connectivity index (χ0v) is 20.8. The first-order valence-corrected chi connectivity index (χ1v) is 11.6. The summed E-state index contributed by atoms with van der Waals surface area (Å²) in [6.45, 7) is 16.0. The summed E-state index contributed by atoms with van der Waals surface area (Å²) >= 11 is 1.26. The molecule has 3 rings (SSSR count). The van der Waals surface area contributed by atoms with Gasteiger partial charge in [-0.25, -0.2) is 4.98 Å². The maximum atomic E-state index is 13.2. The summed E-state index contributed by atoms with van der Waals surface area (Å²) in [5.41, 5.74) is 2.84. The molecule has 3 aromatic rings. The fourth-order valence-electron chi connectivity index (χ4n) is 3.59. The van der Waals surface area contributed by atoms with Gasteiger partial charge in [0.2, 0.25) is 0 Å². The predicted molar refractivity (Wildman–Crippen MR) is 132 cm³/mol. The van der Waals surface area contributed by atoms with E-state index in [1.165, 1.54) is 15.7 Å². The van der Waals surface area contributed by atoms with E-state index in [2.05, 4.69) is 57.8 Å². The maximum Gasteiger partial charge on any atom is 0.266 e. The number of rotatable bonds is 8. The number of carbonyl (C=O) groups is 1. The van der Waals surface area contributed by atoms with Gasteiger partial charge in [0.1, 0.15) is 4.88 Å². The Kier molecular flexibility index (Phi) is 8.63. The average molecular weight is 465 g/mol. The molecule has 1 amide bonds. The van der Waals surface area contributed by atoms with Crippen molar-refractivity contribution in [2.75, 3.05) is 26.2 Å². The quantitative estimate of drug-likeness (QED) is 0.527. The van der Waals surface area contributed by atoms with Crippen molar-refractivity contribution < 1.29 is 4.79 Å². The molecule has 2 heterocycles. The first-order valence-electron chi connectivity index (χ1n) is 10.8. The highest BCUT2D eigenvalue weighted by atomic mass is 35.5. The Labute approximate surface area is 194 Å². The number of fused-ring (bicyclic) bond motifs is 2. The molecule has 31 heavy (non-hydrogen) atoms. The summed E-state index contributed by atoms with van der Waals surface area (Å²) in [5.74, 6) is 0.415. The number of halogens is 1. The SMILES string of the molecule is CCN(CC)CCNC(=O)c1cn2c(=O)c3cc(C(C)C)cc(C(C)C)c3nc2s1.Cl. The van der Waals surface area contributed by atoms with Crippen molar-refractivity contribution in [1.82, 2.24) is 19.6 Å². The molecule has 0 fully saturated rings. The molecule has 0 unspecified atom stereocenters. The van der Waals surface area contributed by atoms with Gasteiger partial charge in [-0.2, -0.15) is 0 Å². The zero-order chi connectivity index (χ0) is 22.0. The molecule has 2 aromatic heterocycles. The van der Waals surface area contributed by atoms with Crippen molar-refractivity contribution in [3.05, 3.63) is 44.7 Å². The third kappa shape index (κ3) is 5.27. The number of likely N-dealkylation sites (N-methyl/N-ethyl adjacent to an activating group) is 1. The van der Waals surface area contributed by atoms with E-state index in [0.29, 0.717) is 27.7 Å². The highest BCUT2D eigenvalue weighted by Gasteiger charge is 2.18. The molecule has 1 aromatic carbocycles. The molecule has 0 spiro atoms. The fraction of sp³-hybridized carbons (Fsp3) is 0.522. The number of nitrogens with zero attached hydrogens (tertiary/aromatic N) is 3. The Hall–Kier alpha value is -1.96. The van der Waals surface area contributed by atoms with Crippen LogP contribution < -0.4 is 10.9 Å². The van der Waals surface area contributed by atoms with Crippen LogP contribution in [0.2, 0.25) is 0 Å². The van der Waals surface area contributed by atoms with Gasteiger partial charge in [-0.15, -0.1) is 12.4 Å². The number of thiazole rings is 1. The van der Waals surface area contributed by atoms with E-state index in [1.54, 1.807) is 6.20 Å². The maximum absolute atomic E-state index is 13.2. The standard InChI is InChI=1S/C23H32N4O2S.ClH/c1-7-26(8-2)10-9-24-21(28)19-13-27-22(29)18-12-16(14(3)4)11-17(15(5)6)20(18)25-23(27)30-19;/h11-15H,7-10H2,1-6H3,(H,24,28);1H. The number of nitrogens with one attached hydrogen (secondary N) is 1. The third-order valence-corrected chi connectivity index (χ3v) is 6.57. The van der Waals surface area contributed by atoms with Crippen LogP contribution in [0.15, 0.2) is 23.1 Å². The first kappa shape index (κ1) is 25.3. The third-order valence-electron chi connectivity index (χ3n) is 5.59. The minimum atomic E-state index is -0.159. The lowest BCUT2D eigenvalue weighted by atomic mass is 9.93. The van der Waals surface area contributed by atoms with Crippen molar-refractivity contribution in [3.63, 3.8) is 0 Å². The molecule has 0 aliphatic carbocycles. The molecule has 0 atom stereocenters. The second-order valence-corrected chi connectivity index (χ2v) is 9.27. The molecule has 8 heteroatoms. The van der Waals surface area contributed by atoms with Gasteiger partial charge in [0.25, 0.3) is 11.5 Å². The van der Waals surface area contributed by atoms with E-state index in [-0.39, 0.29) is 29.8 Å². The molecule has 170 valence electrons. The lowest BCUT2D eigenvalue weighted by molar-refractivity contribution is 0.0952. The summed E-state index contributed by atoms with van der Waals surface area (Å²) < 4.78 is 1.51. The largest absolute Gasteiger partial charge is 0.350 e. The van der Waals surface area contributed by atoms with E-state index in [1.807, 2.05) is 6.07 Å². The smallest absolute Gasteiger partial charge is 0.266 e. The van der Waals surface area contributed by atoms with Crippen LogP contribution in [0.3, 0.4) is 0 Å².